The van der Waals surface area contributed by atoms with E-state index in [0.29, 0.717) is 18.2 Å². The number of hydrogen-bond donors (Lipinski definition) is 1. The Kier molecular flexibility index (Phi) is 5.57. The second-order valence-corrected chi connectivity index (χ2v) is 5.21. The number of piperazine rings is 1. The summed E-state index contributed by atoms with van der Waals surface area (Å²) in [6.45, 7) is 4.18. The molecule has 3 rings (SSSR count). The summed E-state index contributed by atoms with van der Waals surface area (Å²) >= 11 is 0. The van der Waals surface area contributed by atoms with E-state index in [1.54, 1.807) is 18.1 Å². The van der Waals surface area contributed by atoms with Gasteiger partial charge < -0.3 is 19.5 Å². The summed E-state index contributed by atoms with van der Waals surface area (Å²) in [5.74, 6) is 0.891. The van der Waals surface area contributed by atoms with Gasteiger partial charge in [-0.1, -0.05) is 11.2 Å². The number of halogens is 1. The van der Waals surface area contributed by atoms with E-state index in [-0.39, 0.29) is 30.2 Å². The molecule has 1 amide bonds. The first-order valence-corrected chi connectivity index (χ1v) is 7.19. The average molecular weight is 339 g/mol. The van der Waals surface area contributed by atoms with Crippen LogP contribution in [0.2, 0.25) is 0 Å². The molecule has 0 bridgehead atoms. The molecule has 1 aromatic heterocycles. The van der Waals surface area contributed by atoms with Crippen molar-refractivity contribution in [2.45, 2.75) is 13.0 Å². The van der Waals surface area contributed by atoms with Crippen molar-refractivity contribution in [2.75, 3.05) is 26.7 Å². The highest BCUT2D eigenvalue weighted by atomic mass is 35.5. The van der Waals surface area contributed by atoms with Crippen LogP contribution in [0.15, 0.2) is 28.8 Å². The van der Waals surface area contributed by atoms with Crippen molar-refractivity contribution in [1.82, 2.24) is 20.4 Å². The van der Waals surface area contributed by atoms with Crippen LogP contribution < -0.4 is 10.1 Å². The summed E-state index contributed by atoms with van der Waals surface area (Å²) in [5.41, 5.74) is 0.722. The number of ether oxygens (including phenoxy) is 1. The third kappa shape index (κ3) is 3.62. The molecule has 1 atom stereocenters. The van der Waals surface area contributed by atoms with E-state index >= 15 is 0 Å². The average Bonchev–Trinajstić information content (AvgIpc) is 3.05. The largest absolute Gasteiger partial charge is 0.497 e. The van der Waals surface area contributed by atoms with E-state index in [4.69, 9.17) is 9.26 Å². The first-order valence-electron chi connectivity index (χ1n) is 7.19. The molecule has 7 nitrogen and oxygen atoms in total. The maximum Gasteiger partial charge on any atom is 0.295 e. The molecule has 0 saturated carbocycles. The van der Waals surface area contributed by atoms with E-state index in [1.807, 2.05) is 25.1 Å². The number of amides is 1. The van der Waals surface area contributed by atoms with Crippen LogP contribution in [0.1, 0.15) is 17.5 Å². The minimum atomic E-state index is -0.202. The summed E-state index contributed by atoms with van der Waals surface area (Å²) in [7, 11) is 1.59. The van der Waals surface area contributed by atoms with Crippen molar-refractivity contribution in [3.63, 3.8) is 0 Å². The molecule has 2 heterocycles. The van der Waals surface area contributed by atoms with Gasteiger partial charge in [-0.05, 0) is 25.1 Å². The second kappa shape index (κ2) is 7.43. The van der Waals surface area contributed by atoms with Crippen LogP contribution in [0.3, 0.4) is 0 Å². The van der Waals surface area contributed by atoms with Crippen LogP contribution in [-0.2, 0) is 0 Å². The molecule has 0 spiro atoms. The lowest BCUT2D eigenvalue weighted by Crippen LogP contribution is -2.52. The van der Waals surface area contributed by atoms with Gasteiger partial charge in [-0.2, -0.15) is 4.98 Å². The zero-order chi connectivity index (χ0) is 15.5. The van der Waals surface area contributed by atoms with Crippen LogP contribution >= 0.6 is 12.4 Å². The van der Waals surface area contributed by atoms with Crippen molar-refractivity contribution >= 4 is 18.3 Å². The molecule has 124 valence electrons. The Morgan fingerprint density at radius 1 is 1.48 bits per heavy atom. The molecule has 0 aliphatic carbocycles. The normalized spacial score (nSPS) is 17.5. The highest BCUT2D eigenvalue weighted by Gasteiger charge is 2.27. The van der Waals surface area contributed by atoms with Gasteiger partial charge in [-0.15, -0.1) is 12.4 Å². The third-order valence-corrected chi connectivity index (χ3v) is 3.70. The molecule has 1 saturated heterocycles. The van der Waals surface area contributed by atoms with Gasteiger partial charge in [0.25, 0.3) is 17.6 Å². The van der Waals surface area contributed by atoms with Crippen molar-refractivity contribution in [2.24, 2.45) is 0 Å². The highest BCUT2D eigenvalue weighted by Crippen LogP contribution is 2.22. The van der Waals surface area contributed by atoms with Gasteiger partial charge in [0.15, 0.2) is 0 Å². The monoisotopic (exact) mass is 338 g/mol. The number of carbonyl (C=O) groups is 1. The van der Waals surface area contributed by atoms with Crippen LogP contribution in [0.5, 0.6) is 5.75 Å². The van der Waals surface area contributed by atoms with Gasteiger partial charge in [0.05, 0.1) is 7.11 Å². The molecule has 1 N–H and O–H groups in total. The molecule has 1 aliphatic rings. The van der Waals surface area contributed by atoms with Gasteiger partial charge in [0.1, 0.15) is 5.75 Å². The van der Waals surface area contributed by atoms with E-state index in [9.17, 15) is 4.79 Å². The molecule has 0 unspecified atom stereocenters. The minimum Gasteiger partial charge on any atom is -0.497 e. The van der Waals surface area contributed by atoms with Crippen molar-refractivity contribution in [3.05, 3.63) is 30.1 Å². The van der Waals surface area contributed by atoms with Gasteiger partial charge >= 0.3 is 0 Å². The maximum absolute atomic E-state index is 12.5. The Morgan fingerprint density at radius 2 is 2.30 bits per heavy atom. The van der Waals surface area contributed by atoms with Gasteiger partial charge in [-0.3, -0.25) is 4.79 Å². The lowest BCUT2D eigenvalue weighted by molar-refractivity contribution is 0.0640. The van der Waals surface area contributed by atoms with Crippen molar-refractivity contribution in [3.8, 4) is 17.2 Å². The van der Waals surface area contributed by atoms with Gasteiger partial charge in [-0.25, -0.2) is 0 Å². The molecule has 8 heteroatoms. The zero-order valence-electron chi connectivity index (χ0n) is 13.0. The first-order chi connectivity index (χ1) is 10.7. The van der Waals surface area contributed by atoms with Crippen LogP contribution in [0.25, 0.3) is 11.5 Å². The summed E-state index contributed by atoms with van der Waals surface area (Å²) in [6, 6.07) is 7.39. The molecule has 23 heavy (non-hydrogen) atoms. The number of hydrogen-bond acceptors (Lipinski definition) is 6. The van der Waals surface area contributed by atoms with Crippen LogP contribution in [0, 0.1) is 0 Å². The van der Waals surface area contributed by atoms with E-state index in [2.05, 4.69) is 15.5 Å². The topological polar surface area (TPSA) is 80.5 Å². The number of methoxy groups -OCH3 is 1. The van der Waals surface area contributed by atoms with Crippen molar-refractivity contribution < 1.29 is 14.1 Å². The summed E-state index contributed by atoms with van der Waals surface area (Å²) < 4.78 is 10.4. The number of carbonyl (C=O) groups excluding carboxylic acids is 1. The lowest BCUT2D eigenvalue weighted by Gasteiger charge is -2.32. The maximum atomic E-state index is 12.5. The quantitative estimate of drug-likeness (QED) is 0.915. The molecule has 2 aromatic rings. The fourth-order valence-corrected chi connectivity index (χ4v) is 2.45. The molecular formula is C15H19ClN4O3. The number of nitrogens with zero attached hydrogens (tertiary/aromatic N) is 3. The van der Waals surface area contributed by atoms with E-state index < -0.39 is 0 Å². The SMILES string of the molecule is COc1cccc(-c2nc(C(=O)N3CCNC[C@@H]3C)no2)c1.Cl. The summed E-state index contributed by atoms with van der Waals surface area (Å²) in [5, 5.41) is 7.06. The minimum absolute atomic E-state index is 0. The Labute approximate surface area is 140 Å². The molecule has 0 radical (unpaired) electrons. The lowest BCUT2D eigenvalue weighted by atomic mass is 10.2. The predicted molar refractivity (Wildman–Crippen MR) is 86.9 cm³/mol. The standard InChI is InChI=1S/C15H18N4O3.ClH/c1-10-9-16-6-7-19(10)15(20)13-17-14(22-18-13)11-4-3-5-12(8-11)21-2;/h3-5,8,10,16H,6-7,9H2,1-2H3;1H/t10-;/m0./s1. The zero-order valence-corrected chi connectivity index (χ0v) is 13.8. The Hall–Kier alpha value is -2.12. The van der Waals surface area contributed by atoms with E-state index in [0.717, 1.165) is 18.7 Å². The number of benzene rings is 1. The molecule has 1 fully saturated rings. The first kappa shape index (κ1) is 17.2. The van der Waals surface area contributed by atoms with Gasteiger partial charge in [0, 0.05) is 31.2 Å². The Bertz CT molecular complexity index is 676. The Morgan fingerprint density at radius 3 is 3.04 bits per heavy atom. The second-order valence-electron chi connectivity index (χ2n) is 5.21. The third-order valence-electron chi connectivity index (χ3n) is 3.70. The Balaban J connectivity index is 0.00000192. The molecule has 1 aromatic carbocycles. The fraction of sp³-hybridized carbons (Fsp3) is 0.400. The van der Waals surface area contributed by atoms with Gasteiger partial charge in [0.2, 0.25) is 0 Å². The summed E-state index contributed by atoms with van der Waals surface area (Å²) in [6.07, 6.45) is 0. The molecular weight excluding hydrogens is 320 g/mol. The van der Waals surface area contributed by atoms with Crippen LogP contribution in [-0.4, -0.2) is 53.7 Å². The predicted octanol–water partition coefficient (Wildman–Crippen LogP) is 1.60. The van der Waals surface area contributed by atoms with Crippen molar-refractivity contribution in [1.29, 1.82) is 0 Å². The van der Waals surface area contributed by atoms with E-state index in [1.165, 1.54) is 0 Å². The smallest absolute Gasteiger partial charge is 0.295 e. The summed E-state index contributed by atoms with van der Waals surface area (Å²) in [4.78, 5) is 18.4. The van der Waals surface area contributed by atoms with Crippen LogP contribution in [0.4, 0.5) is 0 Å². The highest BCUT2D eigenvalue weighted by molar-refractivity contribution is 5.91. The number of aromatic nitrogens is 2. The fourth-order valence-electron chi connectivity index (χ4n) is 2.45. The molecule has 1 aliphatic heterocycles. The number of rotatable bonds is 3. The number of nitrogens with one attached hydrogen (secondary N) is 1.